The van der Waals surface area contributed by atoms with Gasteiger partial charge in [-0.1, -0.05) is 45.4 Å². The van der Waals surface area contributed by atoms with Crippen LogP contribution in [0.5, 0.6) is 17.2 Å². The van der Waals surface area contributed by atoms with Gasteiger partial charge < -0.3 is 9.84 Å². The predicted molar refractivity (Wildman–Crippen MR) is 82.1 cm³/mol. The quantitative estimate of drug-likeness (QED) is 0.767. The average molecular weight is 260 g/mol. The summed E-state index contributed by atoms with van der Waals surface area (Å²) in [6.45, 7) is 10.0. The molecule has 0 aliphatic heterocycles. The van der Waals surface area contributed by atoms with E-state index in [0.717, 1.165) is 11.5 Å². The van der Waals surface area contributed by atoms with Crippen LogP contribution in [0.1, 0.15) is 33.3 Å². The highest BCUT2D eigenvalue weighted by Crippen LogP contribution is 2.23. The average Bonchev–Trinajstić information content (AvgIpc) is 2.48. The first-order valence-electron chi connectivity index (χ1n) is 6.77. The molecule has 0 fully saturated rings. The zero-order chi connectivity index (χ0) is 14.7. The smallest absolute Gasteiger partial charge is 0.127 e. The maximum absolute atomic E-state index is 9.10. The van der Waals surface area contributed by atoms with Gasteiger partial charge >= 0.3 is 0 Å². The van der Waals surface area contributed by atoms with E-state index in [1.54, 1.807) is 24.3 Å². The lowest BCUT2D eigenvalue weighted by atomic mass is 10.2. The molecule has 0 aliphatic rings. The van der Waals surface area contributed by atoms with Crippen molar-refractivity contribution >= 4 is 0 Å². The van der Waals surface area contributed by atoms with E-state index in [1.165, 1.54) is 5.56 Å². The minimum Gasteiger partial charge on any atom is -0.508 e. The molecule has 0 aromatic heterocycles. The first-order chi connectivity index (χ1) is 9.24. The van der Waals surface area contributed by atoms with E-state index in [0.29, 0.717) is 0 Å². The van der Waals surface area contributed by atoms with Crippen molar-refractivity contribution < 1.29 is 9.84 Å². The Bertz CT molecular complexity index is 386. The van der Waals surface area contributed by atoms with Crippen molar-refractivity contribution in [3.8, 4) is 17.2 Å². The van der Waals surface area contributed by atoms with E-state index in [-0.39, 0.29) is 5.75 Å². The minimum atomic E-state index is 0.242. The van der Waals surface area contributed by atoms with Gasteiger partial charge in [0.1, 0.15) is 17.2 Å². The van der Waals surface area contributed by atoms with Crippen molar-refractivity contribution in [1.82, 2.24) is 0 Å². The highest BCUT2D eigenvalue weighted by molar-refractivity contribution is 5.35. The first-order valence-corrected chi connectivity index (χ1v) is 6.77. The Labute approximate surface area is 116 Å². The summed E-state index contributed by atoms with van der Waals surface area (Å²) in [6, 6.07) is 14.5. The molecule has 19 heavy (non-hydrogen) atoms. The molecule has 0 amide bonds. The van der Waals surface area contributed by atoms with E-state index in [2.05, 4.69) is 0 Å². The predicted octanol–water partition coefficient (Wildman–Crippen LogP) is 5.55. The molecule has 0 saturated carbocycles. The molecule has 1 N–H and O–H groups in total. The number of aryl methyl sites for hydroxylation is 1. The molecule has 0 radical (unpaired) electrons. The molecular formula is C17H24O2. The summed E-state index contributed by atoms with van der Waals surface area (Å²) in [5, 5.41) is 9.10. The number of hydrogen-bond acceptors (Lipinski definition) is 2. The second-order valence-corrected chi connectivity index (χ2v) is 3.41. The molecule has 0 unspecified atom stereocenters. The summed E-state index contributed by atoms with van der Waals surface area (Å²) < 4.78 is 5.58. The number of ether oxygens (including phenoxy) is 1. The Balaban J connectivity index is 0.000000741. The third-order valence-corrected chi connectivity index (χ3v) is 2.09. The molecule has 0 saturated heterocycles. The van der Waals surface area contributed by atoms with Crippen molar-refractivity contribution in [2.45, 2.75) is 34.6 Å². The zero-order valence-electron chi connectivity index (χ0n) is 12.5. The van der Waals surface area contributed by atoms with Crippen LogP contribution in [-0.4, -0.2) is 5.11 Å². The number of phenols is 1. The molecule has 0 spiro atoms. The lowest BCUT2D eigenvalue weighted by Crippen LogP contribution is -1.83. The van der Waals surface area contributed by atoms with Crippen molar-refractivity contribution in [2.75, 3.05) is 0 Å². The fourth-order valence-corrected chi connectivity index (χ4v) is 1.26. The van der Waals surface area contributed by atoms with Crippen LogP contribution in [0.4, 0.5) is 0 Å². The molecule has 2 heteroatoms. The maximum atomic E-state index is 9.10. The summed E-state index contributed by atoms with van der Waals surface area (Å²) in [4.78, 5) is 0. The summed E-state index contributed by atoms with van der Waals surface area (Å²) in [5.74, 6) is 1.76. The van der Waals surface area contributed by atoms with Crippen molar-refractivity contribution in [2.24, 2.45) is 0 Å². The van der Waals surface area contributed by atoms with Gasteiger partial charge in [-0.15, -0.1) is 0 Å². The molecule has 104 valence electrons. The Kier molecular flexibility index (Phi) is 8.98. The van der Waals surface area contributed by atoms with Crippen LogP contribution in [-0.2, 0) is 0 Å². The Morgan fingerprint density at radius 1 is 0.684 bits per heavy atom. The molecule has 2 aromatic rings. The number of aromatic hydroxyl groups is 1. The molecular weight excluding hydrogens is 236 g/mol. The van der Waals surface area contributed by atoms with E-state index >= 15 is 0 Å². The number of rotatable bonds is 2. The van der Waals surface area contributed by atoms with Crippen molar-refractivity contribution in [3.05, 3.63) is 54.1 Å². The Morgan fingerprint density at radius 3 is 1.47 bits per heavy atom. The van der Waals surface area contributed by atoms with Crippen LogP contribution in [0.2, 0.25) is 0 Å². The topological polar surface area (TPSA) is 29.5 Å². The van der Waals surface area contributed by atoms with Gasteiger partial charge in [0.05, 0.1) is 0 Å². The van der Waals surface area contributed by atoms with Crippen LogP contribution in [0.3, 0.4) is 0 Å². The van der Waals surface area contributed by atoms with E-state index in [1.807, 2.05) is 58.9 Å². The second-order valence-electron chi connectivity index (χ2n) is 3.41. The van der Waals surface area contributed by atoms with Gasteiger partial charge in [0.25, 0.3) is 0 Å². The Morgan fingerprint density at radius 2 is 1.05 bits per heavy atom. The largest absolute Gasteiger partial charge is 0.508 e. The summed E-state index contributed by atoms with van der Waals surface area (Å²) in [6.07, 6.45) is 0. The monoisotopic (exact) mass is 260 g/mol. The van der Waals surface area contributed by atoms with E-state index in [9.17, 15) is 0 Å². The molecule has 0 aliphatic carbocycles. The molecule has 0 atom stereocenters. The SMILES string of the molecule is CC.CC.Cc1ccc(Oc2ccc(O)cc2)cc1. The first kappa shape index (κ1) is 17.0. The fraction of sp³-hybridized carbons (Fsp3) is 0.294. The number of benzene rings is 2. The van der Waals surface area contributed by atoms with Gasteiger partial charge in [-0.3, -0.25) is 0 Å². The molecule has 0 heterocycles. The van der Waals surface area contributed by atoms with E-state index < -0.39 is 0 Å². The fourth-order valence-electron chi connectivity index (χ4n) is 1.26. The van der Waals surface area contributed by atoms with Crippen LogP contribution < -0.4 is 4.74 Å². The molecule has 0 bridgehead atoms. The van der Waals surface area contributed by atoms with Crippen LogP contribution in [0.25, 0.3) is 0 Å². The van der Waals surface area contributed by atoms with Gasteiger partial charge in [0, 0.05) is 0 Å². The third kappa shape index (κ3) is 6.51. The lowest BCUT2D eigenvalue weighted by molar-refractivity contribution is 0.464. The van der Waals surface area contributed by atoms with Crippen LogP contribution in [0, 0.1) is 6.92 Å². The lowest BCUT2D eigenvalue weighted by Gasteiger charge is -2.05. The summed E-state index contributed by atoms with van der Waals surface area (Å²) >= 11 is 0. The van der Waals surface area contributed by atoms with Crippen molar-refractivity contribution in [1.29, 1.82) is 0 Å². The highest BCUT2D eigenvalue weighted by atomic mass is 16.5. The van der Waals surface area contributed by atoms with Crippen LogP contribution >= 0.6 is 0 Å². The molecule has 2 aromatic carbocycles. The summed E-state index contributed by atoms with van der Waals surface area (Å²) in [5.41, 5.74) is 1.20. The van der Waals surface area contributed by atoms with Gasteiger partial charge in [0.2, 0.25) is 0 Å². The molecule has 2 nitrogen and oxygen atoms in total. The summed E-state index contributed by atoms with van der Waals surface area (Å²) in [7, 11) is 0. The van der Waals surface area contributed by atoms with Crippen LogP contribution in [0.15, 0.2) is 48.5 Å². The minimum absolute atomic E-state index is 0.242. The second kappa shape index (κ2) is 10.0. The normalized spacial score (nSPS) is 8.47. The van der Waals surface area contributed by atoms with Crippen molar-refractivity contribution in [3.63, 3.8) is 0 Å². The van der Waals surface area contributed by atoms with Gasteiger partial charge in [0.15, 0.2) is 0 Å². The number of hydrogen-bond donors (Lipinski definition) is 1. The maximum Gasteiger partial charge on any atom is 0.127 e. The Hall–Kier alpha value is -1.96. The van der Waals surface area contributed by atoms with Gasteiger partial charge in [-0.25, -0.2) is 0 Å². The highest BCUT2D eigenvalue weighted by Gasteiger charge is 1.96. The standard InChI is InChI=1S/C13H12O2.2C2H6/c1-10-2-6-12(7-3-10)15-13-8-4-11(14)5-9-13;2*1-2/h2-9,14H,1H3;2*1-2H3. The van der Waals surface area contributed by atoms with E-state index in [4.69, 9.17) is 9.84 Å². The third-order valence-electron chi connectivity index (χ3n) is 2.09. The molecule has 2 rings (SSSR count). The van der Waals surface area contributed by atoms with Gasteiger partial charge in [-0.2, -0.15) is 0 Å². The zero-order valence-corrected chi connectivity index (χ0v) is 12.5. The van der Waals surface area contributed by atoms with Gasteiger partial charge in [-0.05, 0) is 43.3 Å². The number of phenolic OH excluding ortho intramolecular Hbond substituents is 1.